The number of hydrogen-bond acceptors (Lipinski definition) is 7. The van der Waals surface area contributed by atoms with Gasteiger partial charge in [0.25, 0.3) is 0 Å². The minimum absolute atomic E-state index is 0.564. The van der Waals surface area contributed by atoms with Crippen LogP contribution in [0.4, 0.5) is 5.95 Å². The Balaban J connectivity index is 1.82. The number of thioether (sulfide) groups is 1. The Hall–Kier alpha value is -2.09. The van der Waals surface area contributed by atoms with Gasteiger partial charge in [-0.25, -0.2) is 4.98 Å². The smallest absolute Gasteiger partial charge is 0.228 e. The van der Waals surface area contributed by atoms with Crippen molar-refractivity contribution in [2.45, 2.75) is 13.8 Å². The average molecular weight is 400 g/mol. The molecule has 0 spiro atoms. The molecule has 0 unspecified atom stereocenters. The van der Waals surface area contributed by atoms with Crippen LogP contribution in [0.2, 0.25) is 0 Å². The zero-order valence-corrected chi connectivity index (χ0v) is 17.7. The van der Waals surface area contributed by atoms with E-state index in [4.69, 9.17) is 9.72 Å². The number of aromatic nitrogens is 2. The van der Waals surface area contributed by atoms with E-state index in [1.165, 1.54) is 4.91 Å². The van der Waals surface area contributed by atoms with Crippen LogP contribution < -0.4 is 15.0 Å². The molecule has 6 nitrogen and oxygen atoms in total. The summed E-state index contributed by atoms with van der Waals surface area (Å²) in [4.78, 5) is 15.2. The van der Waals surface area contributed by atoms with Gasteiger partial charge >= 0.3 is 0 Å². The van der Waals surface area contributed by atoms with Crippen LogP contribution in [0, 0.1) is 0 Å². The van der Waals surface area contributed by atoms with Crippen LogP contribution in [0.1, 0.15) is 19.5 Å². The normalized spacial score (nSPS) is 15.4. The molecule has 0 bridgehead atoms. The van der Waals surface area contributed by atoms with Crippen molar-refractivity contribution in [3.63, 3.8) is 0 Å². The highest BCUT2D eigenvalue weighted by molar-refractivity contribution is 8.03. The summed E-state index contributed by atoms with van der Waals surface area (Å²) < 4.78 is 6.00. The Morgan fingerprint density at radius 2 is 1.93 bits per heavy atom. The number of para-hydroxylation sites is 1. The van der Waals surface area contributed by atoms with Gasteiger partial charge in [0, 0.05) is 43.5 Å². The predicted molar refractivity (Wildman–Crippen MR) is 118 cm³/mol. The molecule has 0 radical (unpaired) electrons. The molecule has 1 N–H and O–H groups in total. The zero-order valence-electron chi connectivity index (χ0n) is 16.9. The van der Waals surface area contributed by atoms with Gasteiger partial charge in [0.15, 0.2) is 0 Å². The van der Waals surface area contributed by atoms with E-state index in [0.29, 0.717) is 11.8 Å². The lowest BCUT2D eigenvalue weighted by molar-refractivity contribution is 0.310. The van der Waals surface area contributed by atoms with Crippen LogP contribution in [-0.4, -0.2) is 60.5 Å². The van der Waals surface area contributed by atoms with Crippen molar-refractivity contribution in [3.8, 4) is 11.6 Å². The maximum Gasteiger partial charge on any atom is 0.228 e. The number of hydrogen-bond donors (Lipinski definition) is 1. The molecule has 2 aromatic rings. The molecule has 3 rings (SSSR count). The van der Waals surface area contributed by atoms with Crippen molar-refractivity contribution in [2.24, 2.45) is 0 Å². The standard InChI is InChI=1S/C21H29N5OS/c1-4-26(5-2)12-11-25(3)21-23-17(13-19-15-22-16-28-19)14-20(24-21)27-18-9-7-6-8-10-18/h6-10,13-14,22H,4-5,11-12,15-16H2,1-3H3. The molecular weight excluding hydrogens is 370 g/mol. The van der Waals surface area contributed by atoms with Crippen molar-refractivity contribution in [1.82, 2.24) is 20.2 Å². The molecule has 0 aliphatic carbocycles. The van der Waals surface area contributed by atoms with E-state index in [1.807, 2.05) is 55.2 Å². The average Bonchev–Trinajstić information content (AvgIpc) is 3.22. The summed E-state index contributed by atoms with van der Waals surface area (Å²) in [5, 5.41) is 3.33. The fourth-order valence-electron chi connectivity index (χ4n) is 2.89. The van der Waals surface area contributed by atoms with Crippen molar-refractivity contribution in [2.75, 3.05) is 50.5 Å². The molecule has 28 heavy (non-hydrogen) atoms. The highest BCUT2D eigenvalue weighted by atomic mass is 32.2. The van der Waals surface area contributed by atoms with Gasteiger partial charge in [-0.05, 0) is 31.3 Å². The van der Waals surface area contributed by atoms with Crippen LogP contribution in [0.5, 0.6) is 11.6 Å². The van der Waals surface area contributed by atoms with E-state index in [9.17, 15) is 0 Å². The molecule has 7 heteroatoms. The first-order chi connectivity index (χ1) is 13.7. The topological polar surface area (TPSA) is 53.5 Å². The molecule has 0 saturated carbocycles. The lowest BCUT2D eigenvalue weighted by Crippen LogP contribution is -2.33. The number of likely N-dealkylation sites (N-methyl/N-ethyl adjacent to an activating group) is 2. The largest absolute Gasteiger partial charge is 0.439 e. The van der Waals surface area contributed by atoms with Crippen molar-refractivity contribution in [1.29, 1.82) is 0 Å². The highest BCUT2D eigenvalue weighted by Crippen LogP contribution is 2.26. The van der Waals surface area contributed by atoms with Gasteiger partial charge in [0.1, 0.15) is 5.75 Å². The maximum atomic E-state index is 6.00. The van der Waals surface area contributed by atoms with Crippen LogP contribution in [0.25, 0.3) is 6.08 Å². The van der Waals surface area contributed by atoms with Gasteiger partial charge in [0.2, 0.25) is 11.8 Å². The highest BCUT2D eigenvalue weighted by Gasteiger charge is 2.13. The molecule has 1 fully saturated rings. The van der Waals surface area contributed by atoms with Gasteiger partial charge in [-0.3, -0.25) is 0 Å². The van der Waals surface area contributed by atoms with Gasteiger partial charge < -0.3 is 19.9 Å². The third-order valence-corrected chi connectivity index (χ3v) is 5.61. The van der Waals surface area contributed by atoms with Crippen molar-refractivity contribution < 1.29 is 4.74 Å². The van der Waals surface area contributed by atoms with Gasteiger partial charge in [0.05, 0.1) is 5.69 Å². The third kappa shape index (κ3) is 5.95. The van der Waals surface area contributed by atoms with E-state index < -0.39 is 0 Å². The number of anilines is 1. The Morgan fingerprint density at radius 3 is 2.61 bits per heavy atom. The molecule has 1 saturated heterocycles. The molecule has 0 atom stereocenters. The molecule has 150 valence electrons. The summed E-state index contributed by atoms with van der Waals surface area (Å²) in [5.41, 5.74) is 0.872. The van der Waals surface area contributed by atoms with E-state index in [0.717, 1.165) is 50.0 Å². The number of benzene rings is 1. The Bertz CT molecular complexity index is 772. The molecule has 1 aliphatic rings. The first-order valence-electron chi connectivity index (χ1n) is 9.77. The lowest BCUT2D eigenvalue weighted by atomic mass is 10.3. The number of nitrogens with one attached hydrogen (secondary N) is 1. The summed E-state index contributed by atoms with van der Waals surface area (Å²) in [6, 6.07) is 11.6. The summed E-state index contributed by atoms with van der Waals surface area (Å²) in [7, 11) is 2.04. The van der Waals surface area contributed by atoms with Crippen molar-refractivity contribution in [3.05, 3.63) is 47.0 Å². The van der Waals surface area contributed by atoms with Crippen molar-refractivity contribution >= 4 is 23.8 Å². The Labute approximate surface area is 172 Å². The van der Waals surface area contributed by atoms with Gasteiger partial charge in [-0.1, -0.05) is 32.0 Å². The minimum Gasteiger partial charge on any atom is -0.439 e. The SMILES string of the molecule is CCN(CC)CCN(C)c1nc(C=C2CNCS2)cc(Oc2ccccc2)n1. The van der Waals surface area contributed by atoms with E-state index in [2.05, 4.69) is 40.0 Å². The molecule has 1 aliphatic heterocycles. The second kappa shape index (κ2) is 10.5. The third-order valence-electron chi connectivity index (χ3n) is 4.63. The second-order valence-electron chi connectivity index (χ2n) is 6.62. The van der Waals surface area contributed by atoms with Crippen LogP contribution in [0.15, 0.2) is 41.3 Å². The zero-order chi connectivity index (χ0) is 19.8. The van der Waals surface area contributed by atoms with Crippen LogP contribution >= 0.6 is 11.8 Å². The Kier molecular flexibility index (Phi) is 7.71. The van der Waals surface area contributed by atoms with Crippen LogP contribution in [0.3, 0.4) is 0 Å². The lowest BCUT2D eigenvalue weighted by Gasteiger charge is -2.23. The summed E-state index contributed by atoms with van der Waals surface area (Å²) in [6.45, 7) is 9.19. The molecule has 1 aromatic carbocycles. The number of rotatable bonds is 9. The van der Waals surface area contributed by atoms with Crippen LogP contribution in [-0.2, 0) is 0 Å². The first-order valence-corrected chi connectivity index (χ1v) is 10.8. The fourth-order valence-corrected chi connectivity index (χ4v) is 3.69. The second-order valence-corrected chi connectivity index (χ2v) is 7.72. The monoisotopic (exact) mass is 399 g/mol. The number of nitrogens with zero attached hydrogens (tertiary/aromatic N) is 4. The molecule has 0 amide bonds. The first kappa shape index (κ1) is 20.6. The quantitative estimate of drug-likeness (QED) is 0.690. The molecule has 2 heterocycles. The van der Waals surface area contributed by atoms with E-state index >= 15 is 0 Å². The number of ether oxygens (including phenoxy) is 1. The van der Waals surface area contributed by atoms with E-state index in [-0.39, 0.29) is 0 Å². The fraction of sp³-hybridized carbons (Fsp3) is 0.429. The predicted octanol–water partition coefficient (Wildman–Crippen LogP) is 3.68. The molecule has 1 aromatic heterocycles. The summed E-state index contributed by atoms with van der Waals surface area (Å²) >= 11 is 1.81. The Morgan fingerprint density at radius 1 is 1.14 bits per heavy atom. The minimum atomic E-state index is 0.564. The van der Waals surface area contributed by atoms with Gasteiger partial charge in [-0.15, -0.1) is 11.8 Å². The van der Waals surface area contributed by atoms with E-state index in [1.54, 1.807) is 0 Å². The van der Waals surface area contributed by atoms with Gasteiger partial charge in [-0.2, -0.15) is 4.98 Å². The molecular formula is C21H29N5OS. The maximum absolute atomic E-state index is 6.00. The summed E-state index contributed by atoms with van der Waals surface area (Å²) in [6.07, 6.45) is 2.12. The summed E-state index contributed by atoms with van der Waals surface area (Å²) in [5.74, 6) is 2.96.